The number of benzene rings is 1. The third-order valence-corrected chi connectivity index (χ3v) is 4.31. The van der Waals surface area contributed by atoms with E-state index in [1.165, 1.54) is 36.1 Å². The van der Waals surface area contributed by atoms with Crippen LogP contribution in [0.3, 0.4) is 0 Å². The molecule has 2 aromatic heterocycles. The van der Waals surface area contributed by atoms with Gasteiger partial charge in [0.15, 0.2) is 5.69 Å². The van der Waals surface area contributed by atoms with Gasteiger partial charge in [-0.05, 0) is 30.7 Å². The van der Waals surface area contributed by atoms with Crippen molar-refractivity contribution < 1.29 is 22.4 Å². The van der Waals surface area contributed by atoms with Crippen LogP contribution in [-0.2, 0) is 24.1 Å². The zero-order valence-electron chi connectivity index (χ0n) is 15.0. The Bertz CT molecular complexity index is 1030. The predicted octanol–water partition coefficient (Wildman–Crippen LogP) is 3.67. The molecule has 2 heterocycles. The van der Waals surface area contributed by atoms with E-state index in [-0.39, 0.29) is 30.5 Å². The van der Waals surface area contributed by atoms with Crippen molar-refractivity contribution in [1.29, 1.82) is 0 Å². The van der Waals surface area contributed by atoms with Crippen LogP contribution in [0, 0.1) is 12.7 Å². The second kappa shape index (κ2) is 8.19. The summed E-state index contributed by atoms with van der Waals surface area (Å²) in [6, 6.07) is 4.88. The van der Waals surface area contributed by atoms with Gasteiger partial charge in [0.25, 0.3) is 0 Å². The van der Waals surface area contributed by atoms with Crippen molar-refractivity contribution in [3.05, 3.63) is 58.4 Å². The van der Waals surface area contributed by atoms with Crippen LogP contribution >= 0.6 is 11.6 Å². The lowest BCUT2D eigenvalue weighted by Crippen LogP contribution is -2.17. The first-order valence-corrected chi connectivity index (χ1v) is 8.74. The van der Waals surface area contributed by atoms with Crippen molar-refractivity contribution in [2.45, 2.75) is 32.6 Å². The smallest absolute Gasteiger partial charge is 0.293 e. The first-order valence-electron chi connectivity index (χ1n) is 8.36. The number of amides is 1. The van der Waals surface area contributed by atoms with Crippen molar-refractivity contribution in [3.8, 4) is 0 Å². The third kappa shape index (κ3) is 5.31. The highest BCUT2D eigenvalue weighted by Crippen LogP contribution is 2.28. The van der Waals surface area contributed by atoms with Gasteiger partial charge in [0.1, 0.15) is 12.1 Å². The molecule has 7 nitrogen and oxygen atoms in total. The van der Waals surface area contributed by atoms with Gasteiger partial charge in [-0.25, -0.2) is 14.1 Å². The fourth-order valence-corrected chi connectivity index (χ4v) is 2.75. The quantitative estimate of drug-likeness (QED) is 0.605. The number of aryl methyl sites for hydroxylation is 2. The monoisotopic (exact) mass is 430 g/mol. The second-order valence-corrected chi connectivity index (χ2v) is 6.60. The van der Waals surface area contributed by atoms with Crippen LogP contribution in [0.4, 0.5) is 23.5 Å². The summed E-state index contributed by atoms with van der Waals surface area (Å²) in [5.74, 6) is -0.910. The molecule has 12 heteroatoms. The zero-order valence-corrected chi connectivity index (χ0v) is 15.8. The molecule has 0 bridgehead atoms. The Hall–Kier alpha value is -2.95. The minimum atomic E-state index is -4.54. The summed E-state index contributed by atoms with van der Waals surface area (Å²) in [5.41, 5.74) is -0.0931. The van der Waals surface area contributed by atoms with Gasteiger partial charge in [-0.15, -0.1) is 5.10 Å². The first kappa shape index (κ1) is 20.8. The molecule has 29 heavy (non-hydrogen) atoms. The molecule has 1 N–H and O–H groups in total. The van der Waals surface area contributed by atoms with Crippen molar-refractivity contribution in [1.82, 2.24) is 24.5 Å². The van der Waals surface area contributed by atoms with E-state index >= 15 is 0 Å². The Morgan fingerprint density at radius 2 is 2.00 bits per heavy atom. The molecule has 0 spiro atoms. The fourth-order valence-electron chi connectivity index (χ4n) is 2.52. The zero-order chi connectivity index (χ0) is 21.2. The van der Waals surface area contributed by atoms with Crippen LogP contribution < -0.4 is 5.32 Å². The van der Waals surface area contributed by atoms with E-state index in [4.69, 9.17) is 11.6 Å². The van der Waals surface area contributed by atoms with E-state index in [0.717, 1.165) is 10.7 Å². The molecule has 0 aliphatic carbocycles. The number of anilines is 1. The minimum absolute atomic E-state index is 0.0281. The van der Waals surface area contributed by atoms with Crippen LogP contribution in [0.1, 0.15) is 23.4 Å². The van der Waals surface area contributed by atoms with Gasteiger partial charge in [0.2, 0.25) is 11.9 Å². The molecule has 0 aliphatic heterocycles. The van der Waals surface area contributed by atoms with Gasteiger partial charge >= 0.3 is 6.18 Å². The molecule has 0 saturated carbocycles. The first-order chi connectivity index (χ1) is 13.6. The lowest BCUT2D eigenvalue weighted by molar-refractivity contribution is -0.141. The number of carbonyl (C=O) groups is 1. The van der Waals surface area contributed by atoms with E-state index in [9.17, 15) is 22.4 Å². The molecule has 0 fully saturated rings. The molecule has 0 unspecified atom stereocenters. The highest BCUT2D eigenvalue weighted by molar-refractivity contribution is 6.31. The summed E-state index contributed by atoms with van der Waals surface area (Å²) >= 11 is 5.96. The number of halogens is 5. The summed E-state index contributed by atoms with van der Waals surface area (Å²) < 4.78 is 53.6. The third-order valence-electron chi connectivity index (χ3n) is 3.96. The van der Waals surface area contributed by atoms with E-state index in [1.807, 2.05) is 0 Å². The SMILES string of the molecule is Cc1cc(C(F)(F)F)nn1CCC(=O)Nc1ncn(Cc2ccc(F)cc2Cl)n1. The van der Waals surface area contributed by atoms with Crippen LogP contribution in [0.2, 0.25) is 5.02 Å². The molecule has 0 radical (unpaired) electrons. The summed E-state index contributed by atoms with van der Waals surface area (Å²) in [4.78, 5) is 16.0. The Morgan fingerprint density at radius 3 is 2.66 bits per heavy atom. The number of alkyl halides is 3. The number of aromatic nitrogens is 5. The van der Waals surface area contributed by atoms with Gasteiger partial charge in [0.05, 0.1) is 6.54 Å². The number of nitrogens with zero attached hydrogens (tertiary/aromatic N) is 5. The van der Waals surface area contributed by atoms with Gasteiger partial charge in [-0.1, -0.05) is 17.7 Å². The van der Waals surface area contributed by atoms with E-state index in [0.29, 0.717) is 11.3 Å². The van der Waals surface area contributed by atoms with Gasteiger partial charge in [-0.3, -0.25) is 14.8 Å². The highest BCUT2D eigenvalue weighted by Gasteiger charge is 2.34. The largest absolute Gasteiger partial charge is 0.435 e. The lowest BCUT2D eigenvalue weighted by atomic mass is 10.2. The summed E-state index contributed by atoms with van der Waals surface area (Å²) in [5, 5.41) is 10.2. The molecule has 1 aromatic carbocycles. The average Bonchev–Trinajstić information content (AvgIpc) is 3.22. The lowest BCUT2D eigenvalue weighted by Gasteiger charge is -2.05. The topological polar surface area (TPSA) is 77.6 Å². The number of rotatable bonds is 6. The van der Waals surface area contributed by atoms with Gasteiger partial charge in [0, 0.05) is 23.7 Å². The molecular weight excluding hydrogens is 416 g/mol. The molecule has 0 saturated heterocycles. The minimum Gasteiger partial charge on any atom is -0.293 e. The van der Waals surface area contributed by atoms with Crippen LogP contribution in [0.25, 0.3) is 0 Å². The number of hydrogen-bond acceptors (Lipinski definition) is 4. The van der Waals surface area contributed by atoms with E-state index < -0.39 is 23.6 Å². The van der Waals surface area contributed by atoms with Crippen molar-refractivity contribution in [2.75, 3.05) is 5.32 Å². The Kier molecular flexibility index (Phi) is 5.87. The molecule has 3 aromatic rings. The van der Waals surface area contributed by atoms with Gasteiger partial charge < -0.3 is 0 Å². The summed E-state index contributed by atoms with van der Waals surface area (Å²) in [7, 11) is 0. The molecule has 3 rings (SSSR count). The maximum absolute atomic E-state index is 13.1. The normalized spacial score (nSPS) is 11.7. The van der Waals surface area contributed by atoms with Crippen molar-refractivity contribution in [2.24, 2.45) is 0 Å². The summed E-state index contributed by atoms with van der Waals surface area (Å²) in [6.45, 7) is 1.66. The predicted molar refractivity (Wildman–Crippen MR) is 95.7 cm³/mol. The summed E-state index contributed by atoms with van der Waals surface area (Å²) in [6.07, 6.45) is -3.29. The Morgan fingerprint density at radius 1 is 1.24 bits per heavy atom. The molecule has 0 atom stereocenters. The van der Waals surface area contributed by atoms with Crippen LogP contribution in [-0.4, -0.2) is 30.5 Å². The van der Waals surface area contributed by atoms with Gasteiger partial charge in [-0.2, -0.15) is 18.3 Å². The maximum Gasteiger partial charge on any atom is 0.435 e. The van der Waals surface area contributed by atoms with Crippen molar-refractivity contribution in [3.63, 3.8) is 0 Å². The van der Waals surface area contributed by atoms with E-state index in [2.05, 4.69) is 20.5 Å². The average molecular weight is 431 g/mol. The fraction of sp³-hybridized carbons (Fsp3) is 0.294. The Labute approximate surface area is 167 Å². The van der Waals surface area contributed by atoms with Crippen molar-refractivity contribution >= 4 is 23.5 Å². The number of hydrogen-bond donors (Lipinski definition) is 1. The standard InChI is InChI=1S/C17H15ClF4N6O/c1-10-6-14(17(20,21)22)25-28(10)5-4-15(29)24-16-23-9-27(26-16)8-11-2-3-12(19)7-13(11)18/h2-3,6-7,9H,4-5,8H2,1H3,(H,24,26,29). The highest BCUT2D eigenvalue weighted by atomic mass is 35.5. The maximum atomic E-state index is 13.1. The van der Waals surface area contributed by atoms with Crippen LogP contribution in [0.5, 0.6) is 0 Å². The second-order valence-electron chi connectivity index (χ2n) is 6.19. The van der Waals surface area contributed by atoms with E-state index in [1.54, 1.807) is 0 Å². The molecule has 154 valence electrons. The molecule has 0 aliphatic rings. The molecular formula is C17H15ClF4N6O. The van der Waals surface area contributed by atoms with Crippen LogP contribution in [0.15, 0.2) is 30.6 Å². The number of carbonyl (C=O) groups excluding carboxylic acids is 1. The molecule has 1 amide bonds. The Balaban J connectivity index is 1.56. The number of nitrogens with one attached hydrogen (secondary N) is 1.